The average molecular weight is 350 g/mol. The number of β-amino-alcohol motifs (C(OH)–C–C–N with tert-alkyl or cyclic N) is 1. The first-order valence-corrected chi connectivity index (χ1v) is 7.93. The number of methoxy groups -OCH3 is 1. The van der Waals surface area contributed by atoms with Crippen molar-refractivity contribution >= 4 is 17.8 Å². The highest BCUT2D eigenvalue weighted by molar-refractivity contribution is 5.90. The summed E-state index contributed by atoms with van der Waals surface area (Å²) in [5.41, 5.74) is 0.725. The van der Waals surface area contributed by atoms with E-state index >= 15 is 0 Å². The van der Waals surface area contributed by atoms with Gasteiger partial charge in [0.1, 0.15) is 17.8 Å². The number of hydrogen-bond acceptors (Lipinski definition) is 5. The van der Waals surface area contributed by atoms with Crippen LogP contribution < -0.4 is 10.1 Å². The molecule has 1 fully saturated rings. The largest absolute Gasteiger partial charge is 0.497 e. The molecule has 3 atom stereocenters. The van der Waals surface area contributed by atoms with Crippen LogP contribution in [0.1, 0.15) is 18.9 Å². The fourth-order valence-electron chi connectivity index (χ4n) is 2.88. The quantitative estimate of drug-likeness (QED) is 0.654. The molecule has 1 aromatic carbocycles. The van der Waals surface area contributed by atoms with Crippen LogP contribution in [0, 0.1) is 0 Å². The van der Waals surface area contributed by atoms with Gasteiger partial charge in [-0.15, -0.1) is 0 Å². The highest BCUT2D eigenvalue weighted by Crippen LogP contribution is 2.19. The van der Waals surface area contributed by atoms with Gasteiger partial charge in [0.05, 0.1) is 13.2 Å². The number of likely N-dealkylation sites (tertiary alicyclic amines) is 1. The Bertz CT molecular complexity index is 645. The normalized spacial score (nSPS) is 20.8. The maximum absolute atomic E-state index is 12.4. The van der Waals surface area contributed by atoms with Gasteiger partial charge in [-0.25, -0.2) is 4.79 Å². The van der Waals surface area contributed by atoms with Crippen LogP contribution in [-0.4, -0.2) is 64.7 Å². The highest BCUT2D eigenvalue weighted by Gasteiger charge is 2.38. The summed E-state index contributed by atoms with van der Waals surface area (Å²) in [4.78, 5) is 36.7. The number of nitrogens with zero attached hydrogens (tertiary/aromatic N) is 1. The number of aliphatic carboxylic acids is 1. The van der Waals surface area contributed by atoms with Gasteiger partial charge < -0.3 is 25.2 Å². The van der Waals surface area contributed by atoms with Crippen molar-refractivity contribution in [2.45, 2.75) is 38.0 Å². The molecule has 1 heterocycles. The Morgan fingerprint density at radius 3 is 2.48 bits per heavy atom. The Hall–Kier alpha value is -2.61. The second-order valence-corrected chi connectivity index (χ2v) is 6.03. The summed E-state index contributed by atoms with van der Waals surface area (Å²) in [5, 5.41) is 21.5. The van der Waals surface area contributed by atoms with Crippen molar-refractivity contribution in [3.63, 3.8) is 0 Å². The van der Waals surface area contributed by atoms with Gasteiger partial charge in [-0.2, -0.15) is 0 Å². The molecular weight excluding hydrogens is 328 g/mol. The summed E-state index contributed by atoms with van der Waals surface area (Å²) >= 11 is 0. The Kier molecular flexibility index (Phi) is 5.97. The first-order valence-electron chi connectivity index (χ1n) is 7.93. The van der Waals surface area contributed by atoms with Gasteiger partial charge in [0, 0.05) is 26.3 Å². The SMILES string of the molecule is COc1ccc(C[C@@H](NC(=O)[C@@H]2C[C@@H](O)CN2C(C)=O)C(=O)O)cc1. The molecule has 1 aliphatic rings. The van der Waals surface area contributed by atoms with Crippen LogP contribution in [0.3, 0.4) is 0 Å². The third-order valence-electron chi connectivity index (χ3n) is 4.20. The van der Waals surface area contributed by atoms with E-state index in [1.165, 1.54) is 18.9 Å². The molecule has 8 heteroatoms. The Labute approximate surface area is 145 Å². The predicted octanol–water partition coefficient (Wildman–Crippen LogP) is -0.211. The maximum atomic E-state index is 12.4. The molecule has 0 unspecified atom stereocenters. The molecule has 0 spiro atoms. The second-order valence-electron chi connectivity index (χ2n) is 6.03. The van der Waals surface area contributed by atoms with E-state index < -0.39 is 30.1 Å². The lowest BCUT2D eigenvalue weighted by molar-refractivity contribution is -0.143. The number of amides is 2. The number of aliphatic hydroxyl groups is 1. The van der Waals surface area contributed by atoms with Crippen LogP contribution in [0.2, 0.25) is 0 Å². The monoisotopic (exact) mass is 350 g/mol. The van der Waals surface area contributed by atoms with Crippen molar-refractivity contribution in [1.29, 1.82) is 0 Å². The minimum atomic E-state index is -1.17. The third-order valence-corrected chi connectivity index (χ3v) is 4.20. The second kappa shape index (κ2) is 7.98. The van der Waals surface area contributed by atoms with Crippen molar-refractivity contribution in [3.05, 3.63) is 29.8 Å². The number of ether oxygens (including phenoxy) is 1. The molecular formula is C17H22N2O6. The van der Waals surface area contributed by atoms with Gasteiger partial charge in [-0.1, -0.05) is 12.1 Å². The first kappa shape index (κ1) is 18.7. The van der Waals surface area contributed by atoms with Gasteiger partial charge in [-0.3, -0.25) is 9.59 Å². The van der Waals surface area contributed by atoms with Gasteiger partial charge in [-0.05, 0) is 17.7 Å². The van der Waals surface area contributed by atoms with Crippen molar-refractivity contribution in [2.75, 3.05) is 13.7 Å². The van der Waals surface area contributed by atoms with Crippen molar-refractivity contribution in [2.24, 2.45) is 0 Å². The minimum absolute atomic E-state index is 0.0731. The lowest BCUT2D eigenvalue weighted by Gasteiger charge is -2.24. The first-order chi connectivity index (χ1) is 11.8. The Morgan fingerprint density at radius 2 is 1.96 bits per heavy atom. The van der Waals surface area contributed by atoms with Crippen LogP contribution in [0.5, 0.6) is 5.75 Å². The summed E-state index contributed by atoms with van der Waals surface area (Å²) in [6, 6.07) is 4.88. The van der Waals surface area contributed by atoms with E-state index in [0.29, 0.717) is 5.75 Å². The zero-order valence-electron chi connectivity index (χ0n) is 14.1. The molecule has 2 rings (SSSR count). The number of carbonyl (C=O) groups is 3. The molecule has 0 radical (unpaired) electrons. The molecule has 2 amide bonds. The maximum Gasteiger partial charge on any atom is 0.326 e. The lowest BCUT2D eigenvalue weighted by atomic mass is 10.0. The Morgan fingerprint density at radius 1 is 1.32 bits per heavy atom. The smallest absolute Gasteiger partial charge is 0.326 e. The van der Waals surface area contributed by atoms with E-state index in [1.807, 2.05) is 0 Å². The Balaban J connectivity index is 2.06. The van der Waals surface area contributed by atoms with Gasteiger partial charge in [0.25, 0.3) is 0 Å². The summed E-state index contributed by atoms with van der Waals surface area (Å²) in [5.74, 6) is -1.43. The summed E-state index contributed by atoms with van der Waals surface area (Å²) in [6.45, 7) is 1.38. The van der Waals surface area contributed by atoms with E-state index in [9.17, 15) is 24.6 Å². The molecule has 1 aromatic rings. The zero-order valence-corrected chi connectivity index (χ0v) is 14.1. The fourth-order valence-corrected chi connectivity index (χ4v) is 2.88. The molecule has 0 aliphatic carbocycles. The number of nitrogens with one attached hydrogen (secondary N) is 1. The molecule has 8 nitrogen and oxygen atoms in total. The molecule has 0 bridgehead atoms. The van der Waals surface area contributed by atoms with Crippen LogP contribution >= 0.6 is 0 Å². The average Bonchev–Trinajstić information content (AvgIpc) is 2.97. The number of benzene rings is 1. The topological polar surface area (TPSA) is 116 Å². The third kappa shape index (κ3) is 4.69. The minimum Gasteiger partial charge on any atom is -0.497 e. The number of carboxylic acid groups (broad SMARTS) is 1. The molecule has 1 aliphatic heterocycles. The number of carbonyl (C=O) groups excluding carboxylic acids is 2. The van der Waals surface area contributed by atoms with E-state index in [1.54, 1.807) is 24.3 Å². The van der Waals surface area contributed by atoms with Crippen LogP contribution in [0.4, 0.5) is 0 Å². The number of aliphatic hydroxyl groups excluding tert-OH is 1. The van der Waals surface area contributed by atoms with E-state index in [2.05, 4.69) is 5.32 Å². The van der Waals surface area contributed by atoms with E-state index in [0.717, 1.165) is 5.56 Å². The molecule has 0 saturated carbocycles. The van der Waals surface area contributed by atoms with Gasteiger partial charge in [0.2, 0.25) is 11.8 Å². The van der Waals surface area contributed by atoms with Gasteiger partial charge >= 0.3 is 5.97 Å². The molecule has 1 saturated heterocycles. The zero-order chi connectivity index (χ0) is 18.6. The lowest BCUT2D eigenvalue weighted by Crippen LogP contribution is -2.51. The molecule has 3 N–H and O–H groups in total. The summed E-state index contributed by atoms with van der Waals surface area (Å²) in [7, 11) is 1.53. The molecule has 0 aromatic heterocycles. The molecule has 25 heavy (non-hydrogen) atoms. The summed E-state index contributed by atoms with van der Waals surface area (Å²) in [6.07, 6.45) is -0.592. The van der Waals surface area contributed by atoms with E-state index in [4.69, 9.17) is 4.74 Å². The van der Waals surface area contributed by atoms with Crippen LogP contribution in [0.25, 0.3) is 0 Å². The highest BCUT2D eigenvalue weighted by atomic mass is 16.5. The van der Waals surface area contributed by atoms with Crippen LogP contribution in [-0.2, 0) is 20.8 Å². The van der Waals surface area contributed by atoms with Crippen LogP contribution in [0.15, 0.2) is 24.3 Å². The number of rotatable bonds is 6. The number of hydrogen-bond donors (Lipinski definition) is 3. The van der Waals surface area contributed by atoms with Crippen molar-refractivity contribution < 1.29 is 29.3 Å². The van der Waals surface area contributed by atoms with Crippen molar-refractivity contribution in [1.82, 2.24) is 10.2 Å². The summed E-state index contributed by atoms with van der Waals surface area (Å²) < 4.78 is 5.05. The van der Waals surface area contributed by atoms with Crippen molar-refractivity contribution in [3.8, 4) is 5.75 Å². The fraction of sp³-hybridized carbons (Fsp3) is 0.471. The standard InChI is InChI=1S/C17H22N2O6/c1-10(20)19-9-12(21)8-15(19)16(22)18-14(17(23)24)7-11-3-5-13(25-2)6-4-11/h3-6,12,14-15,21H,7-9H2,1-2H3,(H,18,22)(H,23,24)/t12-,14-,15+/m1/s1. The van der Waals surface area contributed by atoms with E-state index in [-0.39, 0.29) is 25.3 Å². The number of carboxylic acids is 1. The van der Waals surface area contributed by atoms with Gasteiger partial charge in [0.15, 0.2) is 0 Å². The molecule has 136 valence electrons. The predicted molar refractivity (Wildman–Crippen MR) is 88.1 cm³/mol.